The van der Waals surface area contributed by atoms with Gasteiger partial charge in [-0.3, -0.25) is 19.3 Å². The molecule has 8 heteroatoms. The van der Waals surface area contributed by atoms with Gasteiger partial charge in [-0.25, -0.2) is 0 Å². The number of rotatable bonds is 7. The number of methoxy groups -OCH3 is 2. The predicted octanol–water partition coefficient (Wildman–Crippen LogP) is 5.13. The molecule has 0 atom stereocenters. The fraction of sp³-hybridized carbons (Fsp3) is 0.206. The number of para-hydroxylation sites is 1. The van der Waals surface area contributed by atoms with Gasteiger partial charge in [0.1, 0.15) is 0 Å². The van der Waals surface area contributed by atoms with Crippen LogP contribution >= 0.6 is 0 Å². The molecule has 2 aliphatic heterocycles. The molecule has 0 unspecified atom stereocenters. The summed E-state index contributed by atoms with van der Waals surface area (Å²) < 4.78 is 10.9. The average molecular weight is 562 g/mol. The summed E-state index contributed by atoms with van der Waals surface area (Å²) in [4.78, 5) is 45.5. The van der Waals surface area contributed by atoms with E-state index in [1.807, 2.05) is 71.6 Å². The topological polar surface area (TPSA) is 79.4 Å². The zero-order valence-electron chi connectivity index (χ0n) is 23.6. The third-order valence-corrected chi connectivity index (χ3v) is 7.94. The van der Waals surface area contributed by atoms with E-state index >= 15 is 0 Å². The van der Waals surface area contributed by atoms with E-state index in [1.54, 1.807) is 31.4 Å². The van der Waals surface area contributed by atoms with Gasteiger partial charge in [-0.05, 0) is 41.5 Å². The summed E-state index contributed by atoms with van der Waals surface area (Å²) >= 11 is 0. The minimum Gasteiger partial charge on any atom is -0.493 e. The molecule has 0 radical (unpaired) electrons. The second-order valence-electron chi connectivity index (χ2n) is 10.3. The normalized spacial score (nSPS) is 14.7. The molecule has 3 amide bonds. The van der Waals surface area contributed by atoms with Crippen molar-refractivity contribution in [2.45, 2.75) is 6.54 Å². The number of imide groups is 1. The van der Waals surface area contributed by atoms with Crippen LogP contribution in [0, 0.1) is 0 Å². The summed E-state index contributed by atoms with van der Waals surface area (Å²) in [6, 6.07) is 28.5. The van der Waals surface area contributed by atoms with Crippen molar-refractivity contribution in [3.05, 3.63) is 113 Å². The first kappa shape index (κ1) is 27.1. The fourth-order valence-electron chi connectivity index (χ4n) is 5.74. The van der Waals surface area contributed by atoms with Crippen LogP contribution in [0.1, 0.15) is 36.6 Å². The second-order valence-corrected chi connectivity index (χ2v) is 10.3. The lowest BCUT2D eigenvalue weighted by molar-refractivity contribution is 0.0639. The number of anilines is 1. The van der Waals surface area contributed by atoms with E-state index < -0.39 is 0 Å². The van der Waals surface area contributed by atoms with Gasteiger partial charge in [0.05, 0.1) is 37.6 Å². The Kier molecular flexibility index (Phi) is 7.35. The molecular formula is C34H31N3O5. The Hall–Kier alpha value is -5.11. The van der Waals surface area contributed by atoms with Crippen LogP contribution in [0.3, 0.4) is 0 Å². The van der Waals surface area contributed by atoms with Crippen molar-refractivity contribution in [3.8, 4) is 22.6 Å². The molecule has 0 saturated carbocycles. The molecule has 0 bridgehead atoms. The first-order chi connectivity index (χ1) is 20.5. The zero-order valence-corrected chi connectivity index (χ0v) is 23.6. The summed E-state index contributed by atoms with van der Waals surface area (Å²) in [5, 5.41) is 0. The van der Waals surface area contributed by atoms with E-state index in [1.165, 1.54) is 12.0 Å². The van der Waals surface area contributed by atoms with Crippen molar-refractivity contribution in [1.29, 1.82) is 0 Å². The summed E-state index contributed by atoms with van der Waals surface area (Å²) in [6.45, 7) is 2.19. The van der Waals surface area contributed by atoms with Crippen LogP contribution in [0.4, 0.5) is 5.69 Å². The zero-order chi connectivity index (χ0) is 29.2. The Morgan fingerprint density at radius 1 is 0.714 bits per heavy atom. The minimum absolute atomic E-state index is 0.0165. The molecule has 212 valence electrons. The maximum atomic E-state index is 13.7. The molecule has 1 fully saturated rings. The van der Waals surface area contributed by atoms with Crippen LogP contribution < -0.4 is 14.4 Å². The number of hydrogen-bond acceptors (Lipinski definition) is 6. The van der Waals surface area contributed by atoms with E-state index in [4.69, 9.17) is 9.47 Å². The highest BCUT2D eigenvalue weighted by atomic mass is 16.5. The van der Waals surface area contributed by atoms with Crippen LogP contribution in [0.25, 0.3) is 11.1 Å². The monoisotopic (exact) mass is 561 g/mol. The van der Waals surface area contributed by atoms with Gasteiger partial charge in [0.25, 0.3) is 17.7 Å². The Labute approximate surface area is 244 Å². The number of nitrogens with zero attached hydrogens (tertiary/aromatic N) is 3. The highest BCUT2D eigenvalue weighted by Crippen LogP contribution is 2.36. The molecule has 0 spiro atoms. The van der Waals surface area contributed by atoms with Crippen molar-refractivity contribution < 1.29 is 23.9 Å². The molecule has 8 nitrogen and oxygen atoms in total. The van der Waals surface area contributed by atoms with Crippen molar-refractivity contribution in [2.75, 3.05) is 45.3 Å². The van der Waals surface area contributed by atoms with E-state index in [0.29, 0.717) is 65.6 Å². The number of piperazine rings is 1. The van der Waals surface area contributed by atoms with Crippen molar-refractivity contribution in [3.63, 3.8) is 0 Å². The maximum absolute atomic E-state index is 13.7. The molecule has 6 rings (SSSR count). The number of carbonyl (C=O) groups excluding carboxylic acids is 3. The summed E-state index contributed by atoms with van der Waals surface area (Å²) in [6.07, 6.45) is 0. The quantitative estimate of drug-likeness (QED) is 0.291. The highest BCUT2D eigenvalue weighted by molar-refractivity contribution is 6.23. The van der Waals surface area contributed by atoms with Crippen LogP contribution in [0.5, 0.6) is 11.5 Å². The standard InChI is InChI=1S/C34H31N3O5/c1-41-29-13-6-10-26(31(29)42-2)22-37-33(39)27-11-7-12-28(30(27)34(37)40)35-18-20-36(21-19-35)32(38)25-16-14-24(15-17-25)23-8-4-3-5-9-23/h3-17H,18-22H2,1-2H3. The SMILES string of the molecule is COc1cccc(CN2C(=O)c3cccc(N4CCN(C(=O)c5ccc(-c6ccccc6)cc5)CC4)c3C2=O)c1OC. The van der Waals surface area contributed by atoms with Gasteiger partial charge in [-0.1, -0.05) is 60.7 Å². The lowest BCUT2D eigenvalue weighted by Gasteiger charge is -2.36. The number of ether oxygens (including phenoxy) is 2. The first-order valence-corrected chi connectivity index (χ1v) is 13.9. The Morgan fingerprint density at radius 2 is 1.40 bits per heavy atom. The lowest BCUT2D eigenvalue weighted by Crippen LogP contribution is -2.49. The van der Waals surface area contributed by atoms with E-state index in [2.05, 4.69) is 4.90 Å². The van der Waals surface area contributed by atoms with Gasteiger partial charge in [0.15, 0.2) is 11.5 Å². The van der Waals surface area contributed by atoms with Gasteiger partial charge in [-0.15, -0.1) is 0 Å². The molecule has 0 N–H and O–H groups in total. The molecule has 42 heavy (non-hydrogen) atoms. The van der Waals surface area contributed by atoms with Gasteiger partial charge in [-0.2, -0.15) is 0 Å². The third-order valence-electron chi connectivity index (χ3n) is 7.94. The third kappa shape index (κ3) is 4.85. The van der Waals surface area contributed by atoms with Gasteiger partial charge < -0.3 is 19.3 Å². The van der Waals surface area contributed by atoms with Gasteiger partial charge >= 0.3 is 0 Å². The number of fused-ring (bicyclic) bond motifs is 1. The summed E-state index contributed by atoms with van der Waals surface area (Å²) in [5.41, 5.74) is 5.00. The van der Waals surface area contributed by atoms with Gasteiger partial charge in [0, 0.05) is 37.3 Å². The van der Waals surface area contributed by atoms with Crippen molar-refractivity contribution >= 4 is 23.4 Å². The summed E-state index contributed by atoms with van der Waals surface area (Å²) in [7, 11) is 3.08. The van der Waals surface area contributed by atoms with Crippen LogP contribution in [0.2, 0.25) is 0 Å². The van der Waals surface area contributed by atoms with Crippen molar-refractivity contribution in [1.82, 2.24) is 9.80 Å². The van der Waals surface area contributed by atoms with Crippen molar-refractivity contribution in [2.24, 2.45) is 0 Å². The lowest BCUT2D eigenvalue weighted by atomic mass is 10.0. The van der Waals surface area contributed by atoms with Crippen LogP contribution in [-0.2, 0) is 6.54 Å². The Bertz CT molecular complexity index is 1640. The van der Waals surface area contributed by atoms with Gasteiger partial charge in [0.2, 0.25) is 0 Å². The Balaban J connectivity index is 1.16. The Morgan fingerprint density at radius 3 is 2.10 bits per heavy atom. The number of amides is 3. The highest BCUT2D eigenvalue weighted by Gasteiger charge is 2.39. The number of carbonyl (C=O) groups is 3. The summed E-state index contributed by atoms with van der Waals surface area (Å²) in [5.74, 6) is 0.332. The predicted molar refractivity (Wildman–Crippen MR) is 160 cm³/mol. The molecule has 0 aromatic heterocycles. The number of hydrogen-bond donors (Lipinski definition) is 0. The van der Waals surface area contributed by atoms with E-state index in [0.717, 1.165) is 11.1 Å². The molecule has 4 aromatic carbocycles. The molecule has 0 aliphatic carbocycles. The van der Waals surface area contributed by atoms with Crippen LogP contribution in [-0.4, -0.2) is 67.9 Å². The molecule has 4 aromatic rings. The molecular weight excluding hydrogens is 530 g/mol. The maximum Gasteiger partial charge on any atom is 0.263 e. The molecule has 2 aliphatic rings. The van der Waals surface area contributed by atoms with Crippen LogP contribution in [0.15, 0.2) is 91.0 Å². The largest absolute Gasteiger partial charge is 0.493 e. The molecule has 1 saturated heterocycles. The fourth-order valence-corrected chi connectivity index (χ4v) is 5.74. The molecule has 2 heterocycles. The smallest absolute Gasteiger partial charge is 0.263 e. The first-order valence-electron chi connectivity index (χ1n) is 13.9. The van der Waals surface area contributed by atoms with E-state index in [-0.39, 0.29) is 24.3 Å². The minimum atomic E-state index is -0.340. The van der Waals surface area contributed by atoms with E-state index in [9.17, 15) is 14.4 Å². The average Bonchev–Trinajstić information content (AvgIpc) is 3.29. The second kappa shape index (κ2) is 11.4. The number of benzene rings is 4.